The van der Waals surface area contributed by atoms with Gasteiger partial charge in [-0.15, -0.1) is 0 Å². The fourth-order valence-electron chi connectivity index (χ4n) is 3.88. The van der Waals surface area contributed by atoms with E-state index < -0.39 is 0 Å². The van der Waals surface area contributed by atoms with Gasteiger partial charge in [-0.2, -0.15) is 5.10 Å². The molecule has 0 unspecified atom stereocenters. The van der Waals surface area contributed by atoms with Gasteiger partial charge in [-0.05, 0) is 65.8 Å². The maximum atomic E-state index is 5.32. The largest absolute Gasteiger partial charge is 0.497 e. The smallest absolute Gasteiger partial charge is 0.119 e. The number of aromatic amines is 1. The first kappa shape index (κ1) is 16.2. The van der Waals surface area contributed by atoms with Crippen LogP contribution in [0.1, 0.15) is 42.6 Å². The van der Waals surface area contributed by atoms with Crippen molar-refractivity contribution in [2.45, 2.75) is 44.7 Å². The number of hydrogen-bond acceptors (Lipinski definition) is 3. The molecule has 1 aliphatic carbocycles. The molecule has 0 spiro atoms. The number of benzene rings is 2. The third-order valence-corrected chi connectivity index (χ3v) is 5.34. The van der Waals surface area contributed by atoms with Crippen molar-refractivity contribution in [3.8, 4) is 5.75 Å². The molecule has 25 heavy (non-hydrogen) atoms. The molecule has 2 aromatic carbocycles. The lowest BCUT2D eigenvalue weighted by Gasteiger charge is -2.28. The minimum atomic E-state index is 0.380. The average Bonchev–Trinajstić information content (AvgIpc) is 3.13. The lowest BCUT2D eigenvalue weighted by atomic mass is 9.91. The summed E-state index contributed by atoms with van der Waals surface area (Å²) >= 11 is 0. The molecule has 4 nitrogen and oxygen atoms in total. The number of nitrogens with zero attached hydrogens (tertiary/aromatic N) is 1. The Kier molecular flexibility index (Phi) is 4.45. The van der Waals surface area contributed by atoms with Crippen LogP contribution < -0.4 is 10.1 Å². The van der Waals surface area contributed by atoms with Gasteiger partial charge in [0, 0.05) is 17.8 Å². The van der Waals surface area contributed by atoms with Gasteiger partial charge in [0.25, 0.3) is 0 Å². The first-order chi connectivity index (χ1) is 12.3. The Labute approximate surface area is 148 Å². The Morgan fingerprint density at radius 2 is 2.08 bits per heavy atom. The normalized spacial score (nSPS) is 18.1. The van der Waals surface area contributed by atoms with Crippen LogP contribution in [0.3, 0.4) is 0 Å². The Morgan fingerprint density at radius 1 is 1.24 bits per heavy atom. The molecule has 1 heterocycles. The molecule has 0 bridgehead atoms. The summed E-state index contributed by atoms with van der Waals surface area (Å²) in [4.78, 5) is 0. The van der Waals surface area contributed by atoms with Crippen LogP contribution in [0, 0.1) is 0 Å². The van der Waals surface area contributed by atoms with Crippen molar-refractivity contribution in [2.75, 3.05) is 7.11 Å². The molecule has 4 heteroatoms. The summed E-state index contributed by atoms with van der Waals surface area (Å²) in [5.41, 5.74) is 4.04. The zero-order valence-corrected chi connectivity index (χ0v) is 14.9. The van der Waals surface area contributed by atoms with E-state index in [1.807, 2.05) is 12.3 Å². The van der Waals surface area contributed by atoms with Gasteiger partial charge in [-0.1, -0.05) is 25.1 Å². The second kappa shape index (κ2) is 6.89. The molecule has 4 rings (SSSR count). The second-order valence-electron chi connectivity index (χ2n) is 6.91. The number of nitrogens with one attached hydrogen (secondary N) is 2. The van der Waals surface area contributed by atoms with E-state index in [1.165, 1.54) is 27.6 Å². The van der Waals surface area contributed by atoms with Gasteiger partial charge < -0.3 is 10.1 Å². The molecule has 0 fully saturated rings. The summed E-state index contributed by atoms with van der Waals surface area (Å²) in [7, 11) is 1.71. The van der Waals surface area contributed by atoms with E-state index in [0.29, 0.717) is 12.1 Å². The summed E-state index contributed by atoms with van der Waals surface area (Å²) in [6.07, 6.45) is 6.37. The Balaban J connectivity index is 1.53. The Morgan fingerprint density at radius 3 is 2.92 bits per heavy atom. The van der Waals surface area contributed by atoms with Gasteiger partial charge in [0.2, 0.25) is 0 Å². The van der Waals surface area contributed by atoms with Gasteiger partial charge in [-0.3, -0.25) is 5.10 Å². The quantitative estimate of drug-likeness (QED) is 0.736. The van der Waals surface area contributed by atoms with E-state index in [0.717, 1.165) is 31.4 Å². The molecule has 130 valence electrons. The van der Waals surface area contributed by atoms with Crippen molar-refractivity contribution < 1.29 is 4.74 Å². The maximum absolute atomic E-state index is 5.32. The lowest BCUT2D eigenvalue weighted by molar-refractivity contribution is 0.391. The van der Waals surface area contributed by atoms with Crippen LogP contribution in [0.25, 0.3) is 10.8 Å². The Hall–Kier alpha value is -2.33. The van der Waals surface area contributed by atoms with Crippen molar-refractivity contribution in [3.63, 3.8) is 0 Å². The number of H-pyrrole nitrogens is 1. The van der Waals surface area contributed by atoms with Crippen molar-refractivity contribution >= 4 is 10.8 Å². The van der Waals surface area contributed by atoms with Crippen LogP contribution in [-0.2, 0) is 12.8 Å². The highest BCUT2D eigenvalue weighted by Gasteiger charge is 2.22. The fourth-order valence-corrected chi connectivity index (χ4v) is 3.88. The number of aromatic nitrogens is 2. The lowest BCUT2D eigenvalue weighted by Crippen LogP contribution is -2.37. The van der Waals surface area contributed by atoms with Gasteiger partial charge in [0.15, 0.2) is 0 Å². The predicted octanol–water partition coefficient (Wildman–Crippen LogP) is 4.17. The summed E-state index contributed by atoms with van der Waals surface area (Å²) in [6.45, 7) is 2.25. The maximum Gasteiger partial charge on any atom is 0.119 e. The first-order valence-corrected chi connectivity index (χ1v) is 9.11. The van der Waals surface area contributed by atoms with Gasteiger partial charge in [0.05, 0.1) is 13.3 Å². The number of ether oxygens (including phenoxy) is 1. The zero-order chi connectivity index (χ0) is 17.2. The molecule has 2 atom stereocenters. The molecule has 1 aliphatic rings. The number of rotatable bonds is 5. The van der Waals surface area contributed by atoms with Crippen LogP contribution in [0.5, 0.6) is 5.75 Å². The molecule has 0 aliphatic heterocycles. The monoisotopic (exact) mass is 335 g/mol. The number of hydrogen-bond donors (Lipinski definition) is 2. The summed E-state index contributed by atoms with van der Waals surface area (Å²) < 4.78 is 5.32. The van der Waals surface area contributed by atoms with Crippen LogP contribution >= 0.6 is 0 Å². The second-order valence-corrected chi connectivity index (χ2v) is 6.91. The molecular weight excluding hydrogens is 310 g/mol. The molecule has 0 saturated carbocycles. The predicted molar refractivity (Wildman–Crippen MR) is 101 cm³/mol. The van der Waals surface area contributed by atoms with Gasteiger partial charge in [-0.25, -0.2) is 0 Å². The van der Waals surface area contributed by atoms with Crippen molar-refractivity contribution in [1.29, 1.82) is 0 Å². The zero-order valence-electron chi connectivity index (χ0n) is 14.9. The number of fused-ring (bicyclic) bond motifs is 2. The molecule has 0 saturated heterocycles. The van der Waals surface area contributed by atoms with Crippen molar-refractivity contribution in [2.24, 2.45) is 0 Å². The first-order valence-electron chi connectivity index (χ1n) is 9.11. The molecule has 0 amide bonds. The highest BCUT2D eigenvalue weighted by molar-refractivity contribution is 5.84. The topological polar surface area (TPSA) is 49.9 Å². The average molecular weight is 335 g/mol. The summed E-state index contributed by atoms with van der Waals surface area (Å²) in [5.74, 6) is 0.906. The van der Waals surface area contributed by atoms with Crippen molar-refractivity contribution in [1.82, 2.24) is 15.5 Å². The molecular formula is C21H25N3O. The van der Waals surface area contributed by atoms with E-state index in [9.17, 15) is 0 Å². The van der Waals surface area contributed by atoms with Crippen LogP contribution in [0.4, 0.5) is 0 Å². The van der Waals surface area contributed by atoms with Crippen molar-refractivity contribution in [3.05, 3.63) is 59.4 Å². The SMILES string of the molecule is CC[C@@H](N[C@@H]1CCc2[nH]ncc2C1)c1ccc2cc(OC)ccc2c1. The molecule has 3 aromatic rings. The number of aryl methyl sites for hydroxylation is 1. The molecule has 1 aromatic heterocycles. The number of methoxy groups -OCH3 is 1. The standard InChI is InChI=1S/C21H25N3O/c1-3-20(23-18-7-9-21-17(11-18)13-22-24-21)16-5-4-15-12-19(25-2)8-6-14(15)10-16/h4-6,8,10,12-13,18,20,23H,3,7,9,11H2,1-2H3,(H,22,24)/t18-,20-/m1/s1. The third-order valence-electron chi connectivity index (χ3n) is 5.34. The highest BCUT2D eigenvalue weighted by Crippen LogP contribution is 2.27. The minimum absolute atomic E-state index is 0.380. The van der Waals surface area contributed by atoms with E-state index >= 15 is 0 Å². The molecule has 0 radical (unpaired) electrons. The minimum Gasteiger partial charge on any atom is -0.497 e. The van der Waals surface area contributed by atoms with E-state index in [2.05, 4.69) is 52.8 Å². The van der Waals surface area contributed by atoms with Crippen LogP contribution in [0.15, 0.2) is 42.6 Å². The van der Waals surface area contributed by atoms with Gasteiger partial charge >= 0.3 is 0 Å². The Bertz CT molecular complexity index is 870. The highest BCUT2D eigenvalue weighted by atomic mass is 16.5. The van der Waals surface area contributed by atoms with Crippen LogP contribution in [-0.4, -0.2) is 23.3 Å². The van der Waals surface area contributed by atoms with Gasteiger partial charge in [0.1, 0.15) is 5.75 Å². The third kappa shape index (κ3) is 3.27. The fraction of sp³-hybridized carbons (Fsp3) is 0.381. The summed E-state index contributed by atoms with van der Waals surface area (Å²) in [5, 5.41) is 13.7. The molecule has 2 N–H and O–H groups in total. The van der Waals surface area contributed by atoms with E-state index in [1.54, 1.807) is 7.11 Å². The summed E-state index contributed by atoms with van der Waals surface area (Å²) in [6, 6.07) is 13.9. The van der Waals surface area contributed by atoms with Crippen LogP contribution in [0.2, 0.25) is 0 Å². The van der Waals surface area contributed by atoms with E-state index in [-0.39, 0.29) is 0 Å². The van der Waals surface area contributed by atoms with E-state index in [4.69, 9.17) is 4.74 Å².